The number of hydrogen-bond donors (Lipinski definition) is 4. The molecular formula is C12H25N3O3. The van der Waals surface area contributed by atoms with Crippen molar-refractivity contribution in [2.24, 2.45) is 5.92 Å². The summed E-state index contributed by atoms with van der Waals surface area (Å²) in [6, 6.07) is -0.636. The van der Waals surface area contributed by atoms with Crippen LogP contribution >= 0.6 is 0 Å². The third-order valence-electron chi connectivity index (χ3n) is 2.58. The Hall–Kier alpha value is -1.30. The zero-order valence-corrected chi connectivity index (χ0v) is 11.5. The second-order valence-electron chi connectivity index (χ2n) is 4.56. The van der Waals surface area contributed by atoms with Gasteiger partial charge in [0.25, 0.3) is 0 Å². The van der Waals surface area contributed by atoms with Crippen molar-refractivity contribution in [1.29, 1.82) is 0 Å². The summed E-state index contributed by atoms with van der Waals surface area (Å²) in [7, 11) is 0. The van der Waals surface area contributed by atoms with Crippen molar-refractivity contribution in [3.63, 3.8) is 0 Å². The summed E-state index contributed by atoms with van der Waals surface area (Å²) in [5.41, 5.74) is 0. The first-order valence-corrected chi connectivity index (χ1v) is 6.44. The maximum atomic E-state index is 11.5. The summed E-state index contributed by atoms with van der Waals surface area (Å²) in [4.78, 5) is 22.2. The van der Waals surface area contributed by atoms with Gasteiger partial charge in [-0.2, -0.15) is 0 Å². The van der Waals surface area contributed by atoms with E-state index in [0.717, 1.165) is 19.5 Å². The van der Waals surface area contributed by atoms with Crippen molar-refractivity contribution in [3.8, 4) is 0 Å². The number of carbonyl (C=O) groups is 2. The van der Waals surface area contributed by atoms with Crippen LogP contribution in [-0.2, 0) is 4.79 Å². The van der Waals surface area contributed by atoms with E-state index in [1.165, 1.54) is 0 Å². The molecule has 0 aromatic rings. The van der Waals surface area contributed by atoms with Crippen molar-refractivity contribution in [3.05, 3.63) is 0 Å². The van der Waals surface area contributed by atoms with Crippen LogP contribution in [0.15, 0.2) is 0 Å². The highest BCUT2D eigenvalue weighted by molar-refractivity contribution is 5.75. The molecule has 6 nitrogen and oxygen atoms in total. The van der Waals surface area contributed by atoms with E-state index in [-0.39, 0.29) is 24.4 Å². The molecule has 0 saturated heterocycles. The monoisotopic (exact) mass is 259 g/mol. The molecule has 0 saturated carbocycles. The average molecular weight is 259 g/mol. The third-order valence-corrected chi connectivity index (χ3v) is 2.58. The van der Waals surface area contributed by atoms with Crippen LogP contribution < -0.4 is 16.0 Å². The van der Waals surface area contributed by atoms with Gasteiger partial charge in [-0.3, -0.25) is 4.79 Å². The minimum absolute atomic E-state index is 0.0531. The van der Waals surface area contributed by atoms with Crippen LogP contribution in [0.5, 0.6) is 0 Å². The van der Waals surface area contributed by atoms with Gasteiger partial charge in [-0.05, 0) is 25.4 Å². The molecule has 0 radical (unpaired) electrons. The fraction of sp³-hybridized carbons (Fsp3) is 0.833. The zero-order chi connectivity index (χ0) is 14.0. The smallest absolute Gasteiger partial charge is 0.315 e. The SMILES string of the molecule is CCNCCCNC(=O)NC(CC(=O)O)C(C)C. The normalized spacial score (nSPS) is 12.2. The van der Waals surface area contributed by atoms with E-state index >= 15 is 0 Å². The Morgan fingerprint density at radius 2 is 1.89 bits per heavy atom. The molecule has 0 aromatic carbocycles. The van der Waals surface area contributed by atoms with Gasteiger partial charge in [-0.25, -0.2) is 4.79 Å². The maximum Gasteiger partial charge on any atom is 0.315 e. The van der Waals surface area contributed by atoms with Crippen molar-refractivity contribution < 1.29 is 14.7 Å². The number of nitrogens with one attached hydrogen (secondary N) is 3. The number of urea groups is 1. The summed E-state index contributed by atoms with van der Waals surface area (Å²) < 4.78 is 0. The van der Waals surface area contributed by atoms with Gasteiger partial charge in [-0.15, -0.1) is 0 Å². The molecule has 1 atom stereocenters. The topological polar surface area (TPSA) is 90.5 Å². The van der Waals surface area contributed by atoms with E-state index in [2.05, 4.69) is 16.0 Å². The first kappa shape index (κ1) is 16.7. The van der Waals surface area contributed by atoms with Crippen LogP contribution in [-0.4, -0.2) is 42.8 Å². The fourth-order valence-electron chi connectivity index (χ4n) is 1.45. The van der Waals surface area contributed by atoms with Crippen molar-refractivity contribution >= 4 is 12.0 Å². The molecule has 0 aliphatic carbocycles. The highest BCUT2D eigenvalue weighted by Crippen LogP contribution is 2.05. The predicted molar refractivity (Wildman–Crippen MR) is 70.6 cm³/mol. The highest BCUT2D eigenvalue weighted by atomic mass is 16.4. The summed E-state index contributed by atoms with van der Waals surface area (Å²) >= 11 is 0. The first-order valence-electron chi connectivity index (χ1n) is 6.44. The Balaban J connectivity index is 3.84. The van der Waals surface area contributed by atoms with Gasteiger partial charge in [-0.1, -0.05) is 20.8 Å². The summed E-state index contributed by atoms with van der Waals surface area (Å²) in [5.74, 6) is -0.810. The lowest BCUT2D eigenvalue weighted by atomic mass is 10.0. The Labute approximate surface area is 109 Å². The number of carbonyl (C=O) groups excluding carboxylic acids is 1. The number of carboxylic acid groups (broad SMARTS) is 1. The predicted octanol–water partition coefficient (Wildman–Crippen LogP) is 0.785. The molecule has 0 aromatic heterocycles. The van der Waals surface area contributed by atoms with E-state index < -0.39 is 5.97 Å². The van der Waals surface area contributed by atoms with Gasteiger partial charge < -0.3 is 21.1 Å². The molecule has 2 amide bonds. The largest absolute Gasteiger partial charge is 0.481 e. The minimum Gasteiger partial charge on any atom is -0.481 e. The van der Waals surface area contributed by atoms with Crippen LogP contribution in [0.2, 0.25) is 0 Å². The molecule has 0 aliphatic heterocycles. The molecule has 0 heterocycles. The van der Waals surface area contributed by atoms with E-state index in [1.54, 1.807) is 0 Å². The molecule has 1 unspecified atom stereocenters. The Kier molecular flexibility index (Phi) is 9.00. The van der Waals surface area contributed by atoms with Gasteiger partial charge in [0, 0.05) is 12.6 Å². The molecule has 4 N–H and O–H groups in total. The summed E-state index contributed by atoms with van der Waals surface area (Å²) in [6.45, 7) is 8.16. The van der Waals surface area contributed by atoms with E-state index in [1.807, 2.05) is 20.8 Å². The van der Waals surface area contributed by atoms with Crippen molar-refractivity contribution in [1.82, 2.24) is 16.0 Å². The summed E-state index contributed by atoms with van der Waals surface area (Å²) in [6.07, 6.45) is 0.801. The number of aliphatic carboxylic acids is 1. The van der Waals surface area contributed by atoms with Gasteiger partial charge in [0.05, 0.1) is 6.42 Å². The first-order chi connectivity index (χ1) is 8.47. The van der Waals surface area contributed by atoms with E-state index in [0.29, 0.717) is 6.54 Å². The molecule has 0 fully saturated rings. The minimum atomic E-state index is -0.902. The fourth-order valence-corrected chi connectivity index (χ4v) is 1.45. The second kappa shape index (κ2) is 9.70. The molecule has 0 aliphatic rings. The number of rotatable bonds is 9. The average Bonchev–Trinajstić information content (AvgIpc) is 2.27. The van der Waals surface area contributed by atoms with Crippen LogP contribution in [0.4, 0.5) is 4.79 Å². The third kappa shape index (κ3) is 8.81. The zero-order valence-electron chi connectivity index (χ0n) is 11.5. The van der Waals surface area contributed by atoms with Crippen molar-refractivity contribution in [2.75, 3.05) is 19.6 Å². The maximum absolute atomic E-state index is 11.5. The van der Waals surface area contributed by atoms with Gasteiger partial charge in [0.2, 0.25) is 0 Å². The van der Waals surface area contributed by atoms with Crippen molar-refractivity contribution in [2.45, 2.75) is 39.7 Å². The van der Waals surface area contributed by atoms with Crippen LogP contribution in [0.25, 0.3) is 0 Å². The number of carboxylic acids is 1. The Morgan fingerprint density at radius 1 is 1.22 bits per heavy atom. The molecule has 18 heavy (non-hydrogen) atoms. The van der Waals surface area contributed by atoms with E-state index in [9.17, 15) is 9.59 Å². The Bertz CT molecular complexity index is 257. The van der Waals surface area contributed by atoms with Crippen LogP contribution in [0.1, 0.15) is 33.6 Å². The molecule has 0 bridgehead atoms. The van der Waals surface area contributed by atoms with Crippen LogP contribution in [0, 0.1) is 5.92 Å². The number of hydrogen-bond acceptors (Lipinski definition) is 3. The molecular weight excluding hydrogens is 234 g/mol. The lowest BCUT2D eigenvalue weighted by Gasteiger charge is -2.20. The lowest BCUT2D eigenvalue weighted by Crippen LogP contribution is -2.45. The summed E-state index contributed by atoms with van der Waals surface area (Å²) in [5, 5.41) is 17.3. The van der Waals surface area contributed by atoms with Gasteiger partial charge in [0.15, 0.2) is 0 Å². The second-order valence-corrected chi connectivity index (χ2v) is 4.56. The molecule has 0 rings (SSSR count). The molecule has 106 valence electrons. The van der Waals surface area contributed by atoms with Crippen LogP contribution in [0.3, 0.4) is 0 Å². The standard InChI is InChI=1S/C12H25N3O3/c1-4-13-6-5-7-14-12(18)15-10(9(2)3)8-11(16)17/h9-10,13H,4-8H2,1-3H3,(H,16,17)(H2,14,15,18). The molecule has 0 spiro atoms. The lowest BCUT2D eigenvalue weighted by molar-refractivity contribution is -0.137. The number of amides is 2. The van der Waals surface area contributed by atoms with E-state index in [4.69, 9.17) is 5.11 Å². The Morgan fingerprint density at radius 3 is 2.39 bits per heavy atom. The van der Waals surface area contributed by atoms with Gasteiger partial charge >= 0.3 is 12.0 Å². The quantitative estimate of drug-likeness (QED) is 0.461. The highest BCUT2D eigenvalue weighted by Gasteiger charge is 2.18. The molecule has 6 heteroatoms. The van der Waals surface area contributed by atoms with Gasteiger partial charge in [0.1, 0.15) is 0 Å².